The summed E-state index contributed by atoms with van der Waals surface area (Å²) in [6.45, 7) is 15.4. The number of hydrogen-bond acceptors (Lipinski definition) is 46. The summed E-state index contributed by atoms with van der Waals surface area (Å²) in [7, 11) is 1.33. The van der Waals surface area contributed by atoms with Crippen LogP contribution in [0.3, 0.4) is 0 Å². The molecule has 13 fully saturated rings. The molecule has 0 spiro atoms. The second kappa shape index (κ2) is 42.5. The predicted molar refractivity (Wildman–Crippen MR) is 457 cm³/mol. The molecular formula is C92H142O46. The van der Waals surface area contributed by atoms with Crippen molar-refractivity contribution in [3.63, 3.8) is 0 Å². The van der Waals surface area contributed by atoms with E-state index in [0.717, 1.165) is 24.5 Å². The summed E-state index contributed by atoms with van der Waals surface area (Å²) in [5, 5.41) is 268. The third-order valence-electron chi connectivity index (χ3n) is 32.9. The summed E-state index contributed by atoms with van der Waals surface area (Å²) < 4.78 is 118. The van der Waals surface area contributed by atoms with E-state index in [4.69, 9.17) is 94.7 Å². The third-order valence-corrected chi connectivity index (χ3v) is 32.9. The Balaban J connectivity index is 0.563. The maximum Gasteiger partial charge on any atom is 0.331 e. The fraction of sp³-hybridized carbons (Fsp3) is 0.870. The van der Waals surface area contributed by atoms with Crippen LogP contribution < -0.4 is 4.74 Å². The molecule has 786 valence electrons. The second-order valence-electron chi connectivity index (χ2n) is 42.1. The van der Waals surface area contributed by atoms with Crippen LogP contribution in [0.15, 0.2) is 35.9 Å². The molecule has 9 heterocycles. The van der Waals surface area contributed by atoms with Crippen molar-refractivity contribution in [2.75, 3.05) is 46.8 Å². The van der Waals surface area contributed by atoms with E-state index in [2.05, 4.69) is 54.5 Å². The van der Waals surface area contributed by atoms with E-state index < -0.39 is 338 Å². The second-order valence-corrected chi connectivity index (χ2v) is 42.1. The summed E-state index contributed by atoms with van der Waals surface area (Å²) in [5.41, 5.74) is -1.68. The van der Waals surface area contributed by atoms with Gasteiger partial charge in [-0.1, -0.05) is 66.2 Å². The van der Waals surface area contributed by atoms with Gasteiger partial charge in [0.25, 0.3) is 0 Å². The number of methoxy groups -OCH3 is 1. The number of benzene rings is 1. The van der Waals surface area contributed by atoms with E-state index in [1.807, 2.05) is 0 Å². The fourth-order valence-corrected chi connectivity index (χ4v) is 24.3. The van der Waals surface area contributed by atoms with Crippen LogP contribution in [0.25, 0.3) is 6.08 Å². The highest BCUT2D eigenvalue weighted by molar-refractivity contribution is 5.87. The number of aliphatic hydroxyl groups excluding tert-OH is 23. The van der Waals surface area contributed by atoms with E-state index >= 15 is 4.79 Å². The van der Waals surface area contributed by atoms with Crippen LogP contribution in [0.4, 0.5) is 0 Å². The zero-order chi connectivity index (χ0) is 100. The Morgan fingerprint density at radius 1 is 0.435 bits per heavy atom. The van der Waals surface area contributed by atoms with E-state index in [0.29, 0.717) is 51.4 Å². The number of aromatic hydroxyl groups is 1. The number of aliphatic hydroxyl groups is 23. The maximum atomic E-state index is 15.5. The normalized spacial score (nSPS) is 50.8. The summed E-state index contributed by atoms with van der Waals surface area (Å²) in [5.74, 6) is -2.21. The molecule has 1 aromatic rings. The Morgan fingerprint density at radius 3 is 1.57 bits per heavy atom. The Kier molecular flexibility index (Phi) is 33.2. The highest BCUT2D eigenvalue weighted by Gasteiger charge is 2.71. The molecule has 46 heteroatoms. The quantitative estimate of drug-likeness (QED) is 0.0177. The number of rotatable bonds is 26. The van der Waals surface area contributed by atoms with Crippen molar-refractivity contribution < 1.29 is 227 Å². The van der Waals surface area contributed by atoms with E-state index in [1.54, 1.807) is 0 Å². The van der Waals surface area contributed by atoms with Crippen molar-refractivity contribution in [2.24, 2.45) is 50.2 Å². The maximum absolute atomic E-state index is 15.5. The molecule has 24 N–H and O–H groups in total. The van der Waals surface area contributed by atoms with Crippen molar-refractivity contribution >= 4 is 18.0 Å². The molecule has 0 radical (unpaired) electrons. The average Bonchev–Trinajstić information content (AvgIpc) is 0.672. The highest BCUT2D eigenvalue weighted by Crippen LogP contribution is 2.76. The lowest BCUT2D eigenvalue weighted by atomic mass is 9.33. The van der Waals surface area contributed by atoms with Crippen molar-refractivity contribution in [1.29, 1.82) is 0 Å². The summed E-state index contributed by atoms with van der Waals surface area (Å²) in [6.07, 6.45) is -65.7. The summed E-state index contributed by atoms with van der Waals surface area (Å²) in [4.78, 5) is 28.9. The van der Waals surface area contributed by atoms with Crippen LogP contribution in [0.2, 0.25) is 0 Å². The number of phenols is 1. The molecule has 15 rings (SSSR count). The Bertz CT molecular complexity index is 4300. The lowest BCUT2D eigenvalue weighted by Crippen LogP contribution is -2.67. The van der Waals surface area contributed by atoms with Gasteiger partial charge in [0.1, 0.15) is 183 Å². The first-order valence-electron chi connectivity index (χ1n) is 47.6. The number of ether oxygens (including phenoxy) is 20. The number of esters is 2. The molecule has 51 atom stereocenters. The number of carbonyl (C=O) groups is 2. The largest absolute Gasteiger partial charge is 0.504 e. The number of hydrogen-bond donors (Lipinski definition) is 24. The SMILES string of the molecule is COc1ccc(/C=C/C(=O)O[C@@H]2[C@@H](O)[C@H](O[C@H]3[C@H](O)[C@@H](O)[C@H](O[C@@H]4CO[C@@H](O[C@@H]5[C@@H](O)[C@H](C)O[C@@H](O[C@H]6[C@H](O[C@H]7CC[C@]8(C)[C@H]9CC=C%10[C@@H]%11CC(C)(C)CC[C@]%11(C(=O)O[C@@H]%11O[C@H](CO[C@@H]%12O[C@H](CO)[C@@H](O[C@@H]%13O[C@@H](C)[C@H](O)[C@@H](O)[C@H]%13O)[C@H](O)[C@H]%12O)[C@@H](O)[C@H](O)[C@H]%11O)CC[C@@]%10(C)[C@]9(C)CC[C@H]8C7(C)C)OC[C@H](O)[C@@H]6O)[C@@H]5O)[C@H](O)[C@@H]4O)O[C@@H]3CO)O[C@H](CO[C@@H]3O[C@@H](C)[C@H](O)[C@@H](O)[C@H]3O)[C@H]2O)cc1O. The zero-order valence-corrected chi connectivity index (χ0v) is 78.6. The molecule has 0 unspecified atom stereocenters. The first kappa shape index (κ1) is 108. The number of carbonyl (C=O) groups excluding carboxylic acids is 2. The molecule has 138 heavy (non-hydrogen) atoms. The smallest absolute Gasteiger partial charge is 0.331 e. The Morgan fingerprint density at radius 2 is 0.935 bits per heavy atom. The highest BCUT2D eigenvalue weighted by atomic mass is 16.8. The molecule has 1 aromatic carbocycles. The minimum absolute atomic E-state index is 0.0104. The van der Waals surface area contributed by atoms with E-state index in [9.17, 15) is 127 Å². The Labute approximate surface area is 795 Å². The zero-order valence-electron chi connectivity index (χ0n) is 78.6. The van der Waals surface area contributed by atoms with Crippen LogP contribution in [-0.2, 0) is 99.6 Å². The summed E-state index contributed by atoms with van der Waals surface area (Å²) >= 11 is 0. The van der Waals surface area contributed by atoms with Gasteiger partial charge in [-0.15, -0.1) is 0 Å². The van der Waals surface area contributed by atoms with Crippen LogP contribution in [0.1, 0.15) is 139 Å². The van der Waals surface area contributed by atoms with Gasteiger partial charge in [-0.2, -0.15) is 0 Å². The van der Waals surface area contributed by atoms with Crippen molar-refractivity contribution in [1.82, 2.24) is 0 Å². The summed E-state index contributed by atoms with van der Waals surface area (Å²) in [6, 6.07) is 4.16. The molecule has 0 amide bonds. The van der Waals surface area contributed by atoms with Crippen molar-refractivity contribution in [3.8, 4) is 11.5 Å². The van der Waals surface area contributed by atoms with Crippen molar-refractivity contribution in [3.05, 3.63) is 41.5 Å². The van der Waals surface area contributed by atoms with Gasteiger partial charge in [0, 0.05) is 6.08 Å². The molecule has 5 aliphatic carbocycles. The monoisotopic (exact) mass is 1980 g/mol. The predicted octanol–water partition coefficient (Wildman–Crippen LogP) is -6.57. The van der Waals surface area contributed by atoms with Crippen LogP contribution in [-0.4, -0.2) is 451 Å². The average molecular weight is 1980 g/mol. The van der Waals surface area contributed by atoms with Gasteiger partial charge in [0.2, 0.25) is 6.29 Å². The third kappa shape index (κ3) is 20.3. The first-order valence-corrected chi connectivity index (χ1v) is 47.6. The molecule has 0 bridgehead atoms. The topological polar surface area (TPSA) is 704 Å². The standard InChI is InChI=1S/C92H142O46/c1-34-52(98)59(105)65(111)77(124-34)121-33-47-58(104)75(133-51(97)17-13-37-12-15-42(119-11)40(95)26-37)71(117)84(131-47)135-73-44(29-94)128-81(69(115)63(73)109)129-46-32-123-79(64(110)57(46)103)136-74-54(100)36(3)126-83(70(74)116)137-76-55(101)41(96)30-120-85(76)132-50-19-20-89(8)48(88(50,6)7)18-21-91(10)49(89)16-14-38-39-27-87(4,5)22-24-92(39,25-23-90(38,91)9)86(118)138-82-67(113)61(107)56(102)45(130-82)31-122-78-68(114)62(108)72(43(28-93)127-78)134-80-66(112)60(106)53(99)35(2)125-80/h12-15,17,26,34-36,39,41,43-50,52-85,93-96,98-117H,16,18-25,27-33H2,1-11H3/b17-13+/t34-,35-,36-,39-,41-,43+,44+,45+,46+,47+,48-,49+,50-,52-,53-,54-,55-,56+,57+,58+,59+,60+,61-,62+,63+,64+,65+,66+,67+,68+,69+,70+,71+,72+,73+,74+,75-,76+,77+,78+,79-,80-,81-,82-,83-,84-,85-,89-,90+,91+,92-/m0/s1. The number of fused-ring (bicyclic) bond motifs is 7. The molecule has 9 saturated heterocycles. The van der Waals surface area contributed by atoms with Crippen LogP contribution in [0, 0.1) is 50.2 Å². The van der Waals surface area contributed by atoms with Gasteiger partial charge in [0.15, 0.2) is 67.9 Å². The van der Waals surface area contributed by atoms with E-state index in [1.165, 1.54) is 52.2 Å². The van der Waals surface area contributed by atoms with Gasteiger partial charge in [-0.05, 0) is 154 Å². The lowest BCUT2D eigenvalue weighted by molar-refractivity contribution is -0.387. The molecule has 0 aromatic heterocycles. The minimum Gasteiger partial charge on any atom is -0.504 e. The van der Waals surface area contributed by atoms with Gasteiger partial charge in [-0.3, -0.25) is 4.79 Å². The molecular weight excluding hydrogens is 1840 g/mol. The molecule has 46 nitrogen and oxygen atoms in total. The molecule has 9 aliphatic heterocycles. The van der Waals surface area contributed by atoms with Crippen molar-refractivity contribution in [2.45, 2.75) is 404 Å². The minimum atomic E-state index is -2.17. The molecule has 4 saturated carbocycles. The number of phenolic OH excluding ortho intramolecular Hbond substituents is 1. The van der Waals surface area contributed by atoms with E-state index in [-0.39, 0.29) is 51.1 Å². The van der Waals surface area contributed by atoms with Crippen LogP contribution >= 0.6 is 0 Å². The fourth-order valence-electron chi connectivity index (χ4n) is 24.3. The lowest BCUT2D eigenvalue weighted by Gasteiger charge is -2.71. The molecule has 14 aliphatic rings. The van der Waals surface area contributed by atoms with Gasteiger partial charge < -0.3 is 217 Å². The van der Waals surface area contributed by atoms with Gasteiger partial charge in [0.05, 0.1) is 76.6 Å². The Hall–Kier alpha value is -4.36. The number of allylic oxidation sites excluding steroid dienone is 2. The van der Waals surface area contributed by atoms with Gasteiger partial charge >= 0.3 is 11.9 Å². The van der Waals surface area contributed by atoms with Gasteiger partial charge in [-0.25, -0.2) is 4.79 Å². The van der Waals surface area contributed by atoms with Crippen LogP contribution in [0.5, 0.6) is 11.5 Å². The first-order chi connectivity index (χ1) is 65.0.